The Labute approximate surface area is 138 Å². The molecular weight excluding hydrogens is 318 g/mol. The van der Waals surface area contributed by atoms with Crippen LogP contribution in [-0.2, 0) is 16.6 Å². The molecule has 1 fully saturated rings. The summed E-state index contributed by atoms with van der Waals surface area (Å²) < 4.78 is 2.95. The van der Waals surface area contributed by atoms with E-state index in [2.05, 4.69) is 5.32 Å². The molecule has 1 atom stereocenters. The number of piperidine rings is 1. The molecule has 0 bridgehead atoms. The number of benzene rings is 1. The third-order valence-electron chi connectivity index (χ3n) is 4.35. The van der Waals surface area contributed by atoms with Crippen LogP contribution in [-0.4, -0.2) is 20.9 Å². The van der Waals surface area contributed by atoms with Gasteiger partial charge in [-0.15, -0.1) is 0 Å². The van der Waals surface area contributed by atoms with Gasteiger partial charge in [-0.3, -0.25) is 24.0 Å². The van der Waals surface area contributed by atoms with Crippen molar-refractivity contribution in [2.45, 2.75) is 38.6 Å². The van der Waals surface area contributed by atoms with Crippen LogP contribution in [0.2, 0.25) is 5.02 Å². The molecule has 23 heavy (non-hydrogen) atoms. The molecule has 1 saturated heterocycles. The fraction of sp³-hybridized carbons (Fsp3) is 0.438. The molecule has 0 spiro atoms. The highest BCUT2D eigenvalue weighted by Crippen LogP contribution is 2.31. The maximum Gasteiger partial charge on any atom is 0.329 e. The number of carbonyl (C=O) groups is 2. The number of rotatable bonds is 2. The molecule has 1 N–H and O–H groups in total. The van der Waals surface area contributed by atoms with Crippen LogP contribution in [0.4, 0.5) is 0 Å². The van der Waals surface area contributed by atoms with Crippen molar-refractivity contribution in [1.29, 1.82) is 0 Å². The Bertz CT molecular complexity index is 879. The van der Waals surface area contributed by atoms with Gasteiger partial charge in [0.2, 0.25) is 11.8 Å². The number of nitrogens with one attached hydrogen (secondary N) is 1. The molecule has 0 aliphatic carbocycles. The van der Waals surface area contributed by atoms with E-state index in [0.717, 1.165) is 11.1 Å². The van der Waals surface area contributed by atoms with Gasteiger partial charge in [-0.25, -0.2) is 4.79 Å². The Morgan fingerprint density at radius 3 is 2.52 bits per heavy atom. The van der Waals surface area contributed by atoms with Gasteiger partial charge in [-0.1, -0.05) is 25.4 Å². The van der Waals surface area contributed by atoms with E-state index >= 15 is 0 Å². The first kappa shape index (κ1) is 15.8. The minimum atomic E-state index is -0.690. The van der Waals surface area contributed by atoms with Crippen LogP contribution in [0.25, 0.3) is 11.0 Å². The highest BCUT2D eigenvalue weighted by molar-refractivity contribution is 6.32. The smallest absolute Gasteiger partial charge is 0.295 e. The second kappa shape index (κ2) is 5.53. The Kier molecular flexibility index (Phi) is 3.80. The van der Waals surface area contributed by atoms with Crippen molar-refractivity contribution >= 4 is 34.4 Å². The van der Waals surface area contributed by atoms with Crippen molar-refractivity contribution in [2.75, 3.05) is 0 Å². The Balaban J connectivity index is 2.24. The van der Waals surface area contributed by atoms with E-state index in [1.165, 1.54) is 9.13 Å². The van der Waals surface area contributed by atoms with Crippen molar-refractivity contribution in [3.63, 3.8) is 0 Å². The van der Waals surface area contributed by atoms with Gasteiger partial charge < -0.3 is 0 Å². The number of carbonyl (C=O) groups excluding carboxylic acids is 2. The average Bonchev–Trinajstić information content (AvgIpc) is 2.70. The summed E-state index contributed by atoms with van der Waals surface area (Å²) in [6, 6.07) is 2.94. The summed E-state index contributed by atoms with van der Waals surface area (Å²) in [5.41, 5.74) is 2.01. The van der Waals surface area contributed by atoms with E-state index in [1.54, 1.807) is 13.1 Å². The van der Waals surface area contributed by atoms with Crippen LogP contribution in [0.1, 0.15) is 44.2 Å². The molecule has 7 heteroatoms. The Morgan fingerprint density at radius 2 is 1.91 bits per heavy atom. The molecule has 122 valence electrons. The summed E-state index contributed by atoms with van der Waals surface area (Å²) in [7, 11) is 1.67. The molecule has 1 aliphatic rings. The first-order chi connectivity index (χ1) is 10.8. The zero-order chi connectivity index (χ0) is 16.9. The number of halogens is 1. The largest absolute Gasteiger partial charge is 0.329 e. The van der Waals surface area contributed by atoms with Crippen LogP contribution in [0.3, 0.4) is 0 Å². The second-order valence-electron chi connectivity index (χ2n) is 6.20. The molecule has 1 aromatic heterocycles. The lowest BCUT2D eigenvalue weighted by atomic mass is 10.0. The number of aryl methyl sites for hydroxylation is 1. The van der Waals surface area contributed by atoms with Crippen LogP contribution in [0.5, 0.6) is 0 Å². The highest BCUT2D eigenvalue weighted by atomic mass is 35.5. The van der Waals surface area contributed by atoms with Gasteiger partial charge >= 0.3 is 5.69 Å². The van der Waals surface area contributed by atoms with Crippen LogP contribution >= 0.6 is 11.6 Å². The molecule has 1 aliphatic heterocycles. The lowest BCUT2D eigenvalue weighted by Gasteiger charge is -2.22. The number of imide groups is 1. The molecule has 1 unspecified atom stereocenters. The van der Waals surface area contributed by atoms with Gasteiger partial charge in [0.15, 0.2) is 0 Å². The summed E-state index contributed by atoms with van der Waals surface area (Å²) in [6.45, 7) is 4.06. The molecule has 0 radical (unpaired) electrons. The van der Waals surface area contributed by atoms with Gasteiger partial charge in [0.05, 0.1) is 11.0 Å². The fourth-order valence-electron chi connectivity index (χ4n) is 3.07. The van der Waals surface area contributed by atoms with Gasteiger partial charge in [-0.2, -0.15) is 0 Å². The number of aromatic nitrogens is 2. The highest BCUT2D eigenvalue weighted by Gasteiger charge is 2.31. The topological polar surface area (TPSA) is 73.1 Å². The lowest BCUT2D eigenvalue weighted by molar-refractivity contribution is -0.135. The number of imidazole rings is 1. The molecule has 1 aromatic carbocycles. The number of hydrogen-bond acceptors (Lipinski definition) is 3. The average molecular weight is 336 g/mol. The minimum absolute atomic E-state index is 0.219. The normalized spacial score (nSPS) is 18.7. The first-order valence-corrected chi connectivity index (χ1v) is 7.93. The predicted molar refractivity (Wildman–Crippen MR) is 87.7 cm³/mol. The summed E-state index contributed by atoms with van der Waals surface area (Å²) in [4.78, 5) is 36.1. The number of hydrogen-bond donors (Lipinski definition) is 1. The standard InChI is InChI=1S/C16H18ClN3O3/c1-8(2)9-6-12-13(7-10(9)17)20(16(23)19(12)3)11-4-5-14(21)18-15(11)22/h6-8,11H,4-5H2,1-3H3,(H,18,21,22). The maximum absolute atomic E-state index is 12.6. The monoisotopic (exact) mass is 335 g/mol. The van der Waals surface area contributed by atoms with Crippen molar-refractivity contribution in [1.82, 2.24) is 14.5 Å². The van der Waals surface area contributed by atoms with Gasteiger partial charge in [0.25, 0.3) is 0 Å². The van der Waals surface area contributed by atoms with Crippen LogP contribution in [0.15, 0.2) is 16.9 Å². The number of fused-ring (bicyclic) bond motifs is 1. The van der Waals surface area contributed by atoms with Gasteiger partial charge in [-0.05, 0) is 30.0 Å². The van der Waals surface area contributed by atoms with Crippen molar-refractivity contribution < 1.29 is 9.59 Å². The Hall–Kier alpha value is -2.08. The summed E-state index contributed by atoms with van der Waals surface area (Å²) in [5.74, 6) is -0.527. The summed E-state index contributed by atoms with van der Waals surface area (Å²) in [5, 5.41) is 2.86. The quantitative estimate of drug-likeness (QED) is 0.854. The van der Waals surface area contributed by atoms with E-state index in [0.29, 0.717) is 17.0 Å². The molecule has 6 nitrogen and oxygen atoms in total. The van der Waals surface area contributed by atoms with Crippen LogP contribution < -0.4 is 11.0 Å². The predicted octanol–water partition coefficient (Wildman–Crippen LogP) is 2.09. The third-order valence-corrected chi connectivity index (χ3v) is 4.68. The molecule has 2 aromatic rings. The van der Waals surface area contributed by atoms with Gasteiger partial charge in [0, 0.05) is 18.5 Å². The SMILES string of the molecule is CC(C)c1cc2c(cc1Cl)n(C1CCC(=O)NC1=O)c(=O)n2C. The number of amides is 2. The minimum Gasteiger partial charge on any atom is -0.295 e. The molecule has 3 rings (SSSR count). The Morgan fingerprint density at radius 1 is 1.22 bits per heavy atom. The van der Waals surface area contributed by atoms with E-state index in [-0.39, 0.29) is 23.9 Å². The summed E-state index contributed by atoms with van der Waals surface area (Å²) in [6.07, 6.45) is 0.532. The van der Waals surface area contributed by atoms with E-state index in [4.69, 9.17) is 11.6 Å². The fourth-order valence-corrected chi connectivity index (χ4v) is 3.45. The number of nitrogens with zero attached hydrogens (tertiary/aromatic N) is 2. The summed E-state index contributed by atoms with van der Waals surface area (Å²) >= 11 is 6.35. The first-order valence-electron chi connectivity index (χ1n) is 7.55. The molecular formula is C16H18ClN3O3. The van der Waals surface area contributed by atoms with E-state index in [1.807, 2.05) is 19.9 Å². The van der Waals surface area contributed by atoms with Crippen molar-refractivity contribution in [3.8, 4) is 0 Å². The lowest BCUT2D eigenvalue weighted by Crippen LogP contribution is -2.44. The zero-order valence-corrected chi connectivity index (χ0v) is 14.0. The maximum atomic E-state index is 12.6. The molecule has 2 heterocycles. The molecule has 2 amide bonds. The zero-order valence-electron chi connectivity index (χ0n) is 13.2. The van der Waals surface area contributed by atoms with Crippen molar-refractivity contribution in [2.24, 2.45) is 7.05 Å². The van der Waals surface area contributed by atoms with Crippen LogP contribution in [0, 0.1) is 0 Å². The third kappa shape index (κ3) is 2.47. The second-order valence-corrected chi connectivity index (χ2v) is 6.60. The van der Waals surface area contributed by atoms with Gasteiger partial charge in [0.1, 0.15) is 6.04 Å². The molecule has 0 saturated carbocycles. The van der Waals surface area contributed by atoms with E-state index < -0.39 is 11.9 Å². The van der Waals surface area contributed by atoms with Crippen molar-refractivity contribution in [3.05, 3.63) is 33.2 Å². The van der Waals surface area contributed by atoms with E-state index in [9.17, 15) is 14.4 Å².